The minimum atomic E-state index is 0. The Kier molecular flexibility index (Phi) is 122000. The van der Waals surface area contributed by atoms with Crippen LogP contribution in [-0.4, -0.2) is 55.9 Å². The molecule has 0 rings (SSSR count). The van der Waals surface area contributed by atoms with Crippen LogP contribution in [-0.2, 0) is 0 Å². The van der Waals surface area contributed by atoms with Crippen molar-refractivity contribution in [3.63, 3.8) is 0 Å². The van der Waals surface area contributed by atoms with Crippen molar-refractivity contribution < 1.29 is 35.7 Å². The zero-order valence-electron chi connectivity index (χ0n) is 6.82. The van der Waals surface area contributed by atoms with Crippen LogP contribution in [0, 0.1) is 0 Å². The summed E-state index contributed by atoms with van der Waals surface area (Å²) in [5, 5.41) is 0. The number of hydrogen-bond donors (Lipinski definition) is 1. The van der Waals surface area contributed by atoms with E-state index in [2.05, 4.69) is 0 Å². The van der Waals surface area contributed by atoms with E-state index in [-0.39, 0.29) is 77.3 Å². The van der Waals surface area contributed by atoms with Crippen LogP contribution in [0.2, 0.25) is 0 Å². The van der Waals surface area contributed by atoms with Gasteiger partial charge in [0.1, 0.15) is 0 Å². The molecule has 7 nitrogen and oxygen atoms in total. The molecule has 0 radical (unpaired) electrons. The van der Waals surface area contributed by atoms with Gasteiger partial charge in [0.2, 0.25) is 0 Å². The number of rotatable bonds is 0. The Labute approximate surface area is 77.8 Å². The first-order valence-electron chi connectivity index (χ1n) is 0. The van der Waals surface area contributed by atoms with E-state index in [1.54, 1.807) is 0 Å². The van der Waals surface area contributed by atoms with Gasteiger partial charge in [-0.3, -0.25) is 0 Å². The van der Waals surface area contributed by atoms with Gasteiger partial charge >= 0.3 is 23.1 Å². The summed E-state index contributed by atoms with van der Waals surface area (Å²) in [4.78, 5) is 0. The molecule has 0 spiro atoms. The molecular weight excluding hydrogens is 170 g/mol. The van der Waals surface area contributed by atoms with E-state index >= 15 is 0 Å². The van der Waals surface area contributed by atoms with Gasteiger partial charge in [0.25, 0.3) is 0 Å². The van der Waals surface area contributed by atoms with Crippen molar-refractivity contribution in [3.8, 4) is 0 Å². The predicted molar refractivity (Wildman–Crippen MR) is 41.9 cm³/mol. The van der Waals surface area contributed by atoms with Gasteiger partial charge in [0, 0.05) is 0 Å². The van der Waals surface area contributed by atoms with Crippen molar-refractivity contribution in [3.05, 3.63) is 0 Å². The molecule has 0 aliphatic heterocycles. The Balaban J connectivity index is 0. The summed E-state index contributed by atoms with van der Waals surface area (Å²) < 4.78 is 0. The Morgan fingerprint density at radius 3 is 0.556 bits per heavy atom. The van der Waals surface area contributed by atoms with Gasteiger partial charge in [-0.1, -0.05) is 0 Å². The molecule has 0 aromatic carbocycles. The molecule has 0 aliphatic rings. The van der Waals surface area contributed by atoms with Gasteiger partial charge in [-0.15, -0.1) is 12.4 Å². The SMILES string of the molecule is Cl.N.O.O.O.O.O.O.[H-].[H-].[Mg+2]. The van der Waals surface area contributed by atoms with Crippen molar-refractivity contribution in [2.24, 2.45) is 0 Å². The summed E-state index contributed by atoms with van der Waals surface area (Å²) in [6, 6.07) is 0. The van der Waals surface area contributed by atoms with Crippen molar-refractivity contribution in [1.82, 2.24) is 6.15 Å². The molecule has 0 amide bonds. The molecule has 0 saturated carbocycles. The number of halogens is 1. The van der Waals surface area contributed by atoms with E-state index in [4.69, 9.17) is 0 Å². The van der Waals surface area contributed by atoms with Crippen LogP contribution in [0.15, 0.2) is 0 Å². The monoisotopic (exact) mass is 187 g/mol. The van der Waals surface area contributed by atoms with Gasteiger partial charge in [-0.05, 0) is 0 Å². The molecule has 0 aromatic heterocycles. The van der Waals surface area contributed by atoms with E-state index in [1.165, 1.54) is 0 Å². The van der Waals surface area contributed by atoms with Gasteiger partial charge in [0.15, 0.2) is 0 Å². The molecule has 0 aromatic rings. The zero-order chi connectivity index (χ0) is 0. The predicted octanol–water partition coefficient (Wildman–Crippen LogP) is -4.52. The zero-order valence-corrected chi connectivity index (χ0v) is 7.05. The fraction of sp³-hybridized carbons (Fsp3) is 0. The molecule has 0 atom stereocenters. The smallest absolute Gasteiger partial charge is 1.00 e. The summed E-state index contributed by atoms with van der Waals surface area (Å²) in [5.74, 6) is 0. The summed E-state index contributed by atoms with van der Waals surface area (Å²) >= 11 is 0. The van der Waals surface area contributed by atoms with Crippen LogP contribution >= 0.6 is 12.4 Å². The maximum Gasteiger partial charge on any atom is 2.00 e. The van der Waals surface area contributed by atoms with Crippen LogP contribution in [0.1, 0.15) is 2.85 Å². The molecule has 0 unspecified atom stereocenters. The fourth-order valence-electron chi connectivity index (χ4n) is 0. The Hall–Kier alpha value is 0.776. The molecule has 15 N–H and O–H groups in total. The standard InChI is InChI=1S/ClH.Mg.H3N.6H2O.2H/h1H;;1H3;6*1H2;;/q;+2;;;;;;;;2*-1. The second-order valence-corrected chi connectivity index (χ2v) is 0. The first kappa shape index (κ1) is 1250. The summed E-state index contributed by atoms with van der Waals surface area (Å²) in [6.45, 7) is 0. The average Bonchev–Trinajstić information content (AvgIpc) is 0. The largest absolute Gasteiger partial charge is 2.00 e. The third-order valence-electron chi connectivity index (χ3n) is 0. The Morgan fingerprint density at radius 2 is 0.556 bits per heavy atom. The molecule has 0 heterocycles. The van der Waals surface area contributed by atoms with E-state index in [0.29, 0.717) is 0 Å². The average molecular weight is 188 g/mol. The minimum Gasteiger partial charge on any atom is -1.00 e. The van der Waals surface area contributed by atoms with Gasteiger partial charge in [-0.2, -0.15) is 0 Å². The Bertz CT molecular complexity index is 20.5. The maximum absolute atomic E-state index is 0. The summed E-state index contributed by atoms with van der Waals surface area (Å²) in [5.41, 5.74) is 0. The van der Waals surface area contributed by atoms with Gasteiger partial charge in [-0.25, -0.2) is 0 Å². The molecule has 0 saturated heterocycles. The Morgan fingerprint density at radius 1 is 0.556 bits per heavy atom. The van der Waals surface area contributed by atoms with Crippen molar-refractivity contribution in [2.75, 3.05) is 0 Å². The first-order valence-corrected chi connectivity index (χ1v) is 0. The topological polar surface area (TPSA) is 224 Å². The van der Waals surface area contributed by atoms with Crippen molar-refractivity contribution in [2.45, 2.75) is 0 Å². The van der Waals surface area contributed by atoms with E-state index in [1.807, 2.05) is 0 Å². The van der Waals surface area contributed by atoms with Crippen LogP contribution in [0.3, 0.4) is 0 Å². The van der Waals surface area contributed by atoms with Crippen LogP contribution in [0.5, 0.6) is 0 Å². The van der Waals surface area contributed by atoms with E-state index in [9.17, 15) is 0 Å². The van der Waals surface area contributed by atoms with Crippen LogP contribution in [0.25, 0.3) is 0 Å². The molecule has 9 heteroatoms. The first-order chi connectivity index (χ1) is 0. The second-order valence-electron chi connectivity index (χ2n) is 0. The second kappa shape index (κ2) is 881. The van der Waals surface area contributed by atoms with Gasteiger partial charge in [0.05, 0.1) is 0 Å². The van der Waals surface area contributed by atoms with Crippen molar-refractivity contribution >= 4 is 35.5 Å². The van der Waals surface area contributed by atoms with E-state index < -0.39 is 0 Å². The van der Waals surface area contributed by atoms with Gasteiger partial charge < -0.3 is 41.9 Å². The maximum atomic E-state index is 0. The molecule has 0 bridgehead atoms. The molecule has 0 aliphatic carbocycles. The third kappa shape index (κ3) is 669. The molecule has 9 heavy (non-hydrogen) atoms. The third-order valence-corrected chi connectivity index (χ3v) is 0. The minimum absolute atomic E-state index is 0. The van der Waals surface area contributed by atoms with Crippen LogP contribution < -0.4 is 6.15 Å². The fourth-order valence-corrected chi connectivity index (χ4v) is 0. The molecule has 0 fully saturated rings. The molecule has 68 valence electrons. The van der Waals surface area contributed by atoms with E-state index in [0.717, 1.165) is 0 Å². The normalized spacial score (nSPS) is 0. The number of hydrogen-bond acceptors (Lipinski definition) is 1. The quantitative estimate of drug-likeness (QED) is 0.364. The van der Waals surface area contributed by atoms with Crippen molar-refractivity contribution in [1.29, 1.82) is 0 Å². The summed E-state index contributed by atoms with van der Waals surface area (Å²) in [6.07, 6.45) is 0. The van der Waals surface area contributed by atoms with Crippen LogP contribution in [0.4, 0.5) is 0 Å². The molecular formula is H18ClMgNO6. The summed E-state index contributed by atoms with van der Waals surface area (Å²) in [7, 11) is 0.